The Bertz CT molecular complexity index is 407. The molecule has 0 saturated heterocycles. The van der Waals surface area contributed by atoms with E-state index in [0.29, 0.717) is 18.0 Å². The van der Waals surface area contributed by atoms with Crippen LogP contribution in [-0.4, -0.2) is 20.3 Å². The zero-order valence-corrected chi connectivity index (χ0v) is 10.2. The summed E-state index contributed by atoms with van der Waals surface area (Å²) in [7, 11) is 1.60. The molecule has 0 aromatic carbocycles. The number of rotatable bonds is 6. The SMILES string of the molecule is C=COCCNc1sc(C#N)c(C)c1OC. The fraction of sp³-hybridized carbons (Fsp3) is 0.364. The quantitative estimate of drug-likeness (QED) is 0.611. The van der Waals surface area contributed by atoms with Gasteiger partial charge in [-0.05, 0) is 6.92 Å². The number of hydrogen-bond donors (Lipinski definition) is 1. The largest absolute Gasteiger partial charge is 0.500 e. The van der Waals surface area contributed by atoms with Crippen molar-refractivity contribution in [2.75, 3.05) is 25.6 Å². The summed E-state index contributed by atoms with van der Waals surface area (Å²) < 4.78 is 10.2. The molecule has 0 bridgehead atoms. The van der Waals surface area contributed by atoms with Gasteiger partial charge in [0.05, 0.1) is 13.4 Å². The minimum Gasteiger partial charge on any atom is -0.500 e. The minimum atomic E-state index is 0.533. The summed E-state index contributed by atoms with van der Waals surface area (Å²) in [5.41, 5.74) is 0.877. The van der Waals surface area contributed by atoms with E-state index in [1.54, 1.807) is 7.11 Å². The van der Waals surface area contributed by atoms with Crippen molar-refractivity contribution in [3.63, 3.8) is 0 Å². The zero-order chi connectivity index (χ0) is 12.0. The van der Waals surface area contributed by atoms with Crippen LogP contribution in [0.5, 0.6) is 5.75 Å². The Kier molecular flexibility index (Phi) is 4.67. The fourth-order valence-corrected chi connectivity index (χ4v) is 2.27. The Balaban J connectivity index is 2.72. The molecule has 0 unspecified atom stereocenters. The van der Waals surface area contributed by atoms with Crippen molar-refractivity contribution in [2.45, 2.75) is 6.92 Å². The lowest BCUT2D eigenvalue weighted by Crippen LogP contribution is -2.06. The smallest absolute Gasteiger partial charge is 0.157 e. The van der Waals surface area contributed by atoms with Gasteiger partial charge in [-0.25, -0.2) is 0 Å². The van der Waals surface area contributed by atoms with Crippen LogP contribution >= 0.6 is 11.3 Å². The number of nitrogens with one attached hydrogen (secondary N) is 1. The first kappa shape index (κ1) is 12.4. The van der Waals surface area contributed by atoms with Gasteiger partial charge in [0.2, 0.25) is 0 Å². The van der Waals surface area contributed by atoms with E-state index in [4.69, 9.17) is 14.7 Å². The molecule has 16 heavy (non-hydrogen) atoms. The van der Waals surface area contributed by atoms with Crippen molar-refractivity contribution < 1.29 is 9.47 Å². The normalized spacial score (nSPS) is 9.31. The highest BCUT2D eigenvalue weighted by molar-refractivity contribution is 7.17. The monoisotopic (exact) mass is 238 g/mol. The summed E-state index contributed by atoms with van der Waals surface area (Å²) in [4.78, 5) is 0.670. The predicted octanol–water partition coefficient (Wildman–Crippen LogP) is 2.51. The molecule has 1 aromatic rings. The summed E-state index contributed by atoms with van der Waals surface area (Å²) >= 11 is 1.39. The molecule has 0 saturated carbocycles. The van der Waals surface area contributed by atoms with Crippen molar-refractivity contribution in [3.05, 3.63) is 23.3 Å². The molecule has 0 atom stereocenters. The minimum absolute atomic E-state index is 0.533. The molecule has 0 aliphatic carbocycles. The van der Waals surface area contributed by atoms with Crippen LogP contribution in [0.15, 0.2) is 12.8 Å². The molecule has 0 aliphatic rings. The summed E-state index contributed by atoms with van der Waals surface area (Å²) in [6.45, 7) is 6.51. The molecule has 5 heteroatoms. The van der Waals surface area contributed by atoms with Gasteiger partial charge in [0.1, 0.15) is 22.6 Å². The van der Waals surface area contributed by atoms with E-state index in [1.165, 1.54) is 17.6 Å². The molecule has 0 aliphatic heterocycles. The summed E-state index contributed by atoms with van der Waals surface area (Å²) in [5.74, 6) is 0.736. The molecule has 0 fully saturated rings. The van der Waals surface area contributed by atoms with Crippen LogP contribution in [0.4, 0.5) is 5.00 Å². The number of ether oxygens (including phenoxy) is 2. The van der Waals surface area contributed by atoms with E-state index in [9.17, 15) is 0 Å². The number of nitrogens with zero attached hydrogens (tertiary/aromatic N) is 1. The third kappa shape index (κ3) is 2.67. The van der Waals surface area contributed by atoms with Gasteiger partial charge >= 0.3 is 0 Å². The van der Waals surface area contributed by atoms with Crippen LogP contribution in [0.25, 0.3) is 0 Å². The van der Waals surface area contributed by atoms with Crippen molar-refractivity contribution in [1.29, 1.82) is 5.26 Å². The lowest BCUT2D eigenvalue weighted by atomic mass is 10.3. The standard InChI is InChI=1S/C11H14N2O2S/c1-4-15-6-5-13-11-10(14-3)8(2)9(7-12)16-11/h4,13H,1,5-6H2,2-3H3. The Morgan fingerprint density at radius 3 is 2.94 bits per heavy atom. The topological polar surface area (TPSA) is 54.3 Å². The number of anilines is 1. The van der Waals surface area contributed by atoms with Crippen molar-refractivity contribution >= 4 is 16.3 Å². The Labute approximate surface area is 99.1 Å². The van der Waals surface area contributed by atoms with E-state index in [1.807, 2.05) is 6.92 Å². The van der Waals surface area contributed by atoms with Gasteiger partial charge in [-0.2, -0.15) is 5.26 Å². The van der Waals surface area contributed by atoms with E-state index in [0.717, 1.165) is 16.3 Å². The van der Waals surface area contributed by atoms with Crippen molar-refractivity contribution in [3.8, 4) is 11.8 Å². The van der Waals surface area contributed by atoms with Crippen LogP contribution in [0, 0.1) is 18.3 Å². The van der Waals surface area contributed by atoms with Gasteiger partial charge in [-0.1, -0.05) is 6.58 Å². The molecular formula is C11H14N2O2S. The van der Waals surface area contributed by atoms with E-state index < -0.39 is 0 Å². The van der Waals surface area contributed by atoms with Crippen LogP contribution in [0.3, 0.4) is 0 Å². The maximum absolute atomic E-state index is 8.90. The first-order valence-corrected chi connectivity index (χ1v) is 5.60. The highest BCUT2D eigenvalue weighted by Crippen LogP contribution is 2.38. The number of hydrogen-bond acceptors (Lipinski definition) is 5. The lowest BCUT2D eigenvalue weighted by molar-refractivity contribution is 0.264. The molecule has 0 radical (unpaired) electrons. The van der Waals surface area contributed by atoms with Crippen LogP contribution in [0.2, 0.25) is 0 Å². The van der Waals surface area contributed by atoms with Crippen molar-refractivity contribution in [2.24, 2.45) is 0 Å². The molecule has 1 heterocycles. The van der Waals surface area contributed by atoms with Crippen LogP contribution in [-0.2, 0) is 4.74 Å². The maximum atomic E-state index is 8.90. The fourth-order valence-electron chi connectivity index (χ4n) is 1.27. The Morgan fingerprint density at radius 2 is 2.38 bits per heavy atom. The number of methoxy groups -OCH3 is 1. The Morgan fingerprint density at radius 1 is 1.62 bits per heavy atom. The maximum Gasteiger partial charge on any atom is 0.157 e. The van der Waals surface area contributed by atoms with E-state index >= 15 is 0 Å². The van der Waals surface area contributed by atoms with E-state index in [-0.39, 0.29) is 0 Å². The summed E-state index contributed by atoms with van der Waals surface area (Å²) in [6, 6.07) is 2.14. The highest BCUT2D eigenvalue weighted by atomic mass is 32.1. The third-order valence-electron chi connectivity index (χ3n) is 2.02. The second kappa shape index (κ2) is 6.03. The van der Waals surface area contributed by atoms with Crippen LogP contribution < -0.4 is 10.1 Å². The molecule has 86 valence electrons. The third-order valence-corrected chi connectivity index (χ3v) is 3.16. The van der Waals surface area contributed by atoms with Crippen LogP contribution in [0.1, 0.15) is 10.4 Å². The zero-order valence-electron chi connectivity index (χ0n) is 9.37. The van der Waals surface area contributed by atoms with Gasteiger partial charge in [0.25, 0.3) is 0 Å². The first-order chi connectivity index (χ1) is 7.74. The van der Waals surface area contributed by atoms with Gasteiger partial charge in [-0.15, -0.1) is 11.3 Å². The Hall–Kier alpha value is -1.67. The molecule has 0 amide bonds. The number of nitriles is 1. The average Bonchev–Trinajstić information content (AvgIpc) is 2.60. The lowest BCUT2D eigenvalue weighted by Gasteiger charge is -2.06. The predicted molar refractivity (Wildman–Crippen MR) is 65.0 cm³/mol. The van der Waals surface area contributed by atoms with Gasteiger partial charge < -0.3 is 14.8 Å². The second-order valence-electron chi connectivity index (χ2n) is 2.99. The number of thiophene rings is 1. The second-order valence-corrected chi connectivity index (χ2v) is 4.02. The highest BCUT2D eigenvalue weighted by Gasteiger charge is 2.14. The van der Waals surface area contributed by atoms with Crippen molar-refractivity contribution in [1.82, 2.24) is 0 Å². The molecular weight excluding hydrogens is 224 g/mol. The summed E-state index contributed by atoms with van der Waals surface area (Å²) in [6.07, 6.45) is 1.40. The van der Waals surface area contributed by atoms with Gasteiger partial charge in [0, 0.05) is 12.1 Å². The molecule has 0 spiro atoms. The molecule has 4 nitrogen and oxygen atoms in total. The first-order valence-electron chi connectivity index (χ1n) is 4.78. The molecule has 1 N–H and O–H groups in total. The van der Waals surface area contributed by atoms with Gasteiger partial charge in [-0.3, -0.25) is 0 Å². The van der Waals surface area contributed by atoms with E-state index in [2.05, 4.69) is 18.0 Å². The molecule has 1 rings (SSSR count). The molecule has 1 aromatic heterocycles. The average molecular weight is 238 g/mol. The van der Waals surface area contributed by atoms with Gasteiger partial charge in [0.15, 0.2) is 5.75 Å². The summed E-state index contributed by atoms with van der Waals surface area (Å²) in [5, 5.41) is 12.9.